The molecule has 0 saturated carbocycles. The molecule has 2 amide bonds. The van der Waals surface area contributed by atoms with Gasteiger partial charge in [-0.05, 0) is 45.2 Å². The number of carbonyl (C=O) groups is 1. The van der Waals surface area contributed by atoms with Crippen molar-refractivity contribution in [2.75, 3.05) is 19.8 Å². The van der Waals surface area contributed by atoms with E-state index in [1.54, 1.807) is 11.8 Å². The molecule has 1 heterocycles. The minimum Gasteiger partial charge on any atom is -0.393 e. The second-order valence-electron chi connectivity index (χ2n) is 6.54. The number of morpholine rings is 1. The Morgan fingerprint density at radius 3 is 2.87 bits per heavy atom. The number of ether oxygens (including phenoxy) is 1. The van der Waals surface area contributed by atoms with Gasteiger partial charge in [0.25, 0.3) is 0 Å². The molecule has 2 rings (SSSR count). The van der Waals surface area contributed by atoms with E-state index in [1.807, 2.05) is 6.92 Å². The van der Waals surface area contributed by atoms with Crippen molar-refractivity contribution in [3.63, 3.8) is 0 Å². The fourth-order valence-corrected chi connectivity index (χ4v) is 3.08. The van der Waals surface area contributed by atoms with E-state index in [4.69, 9.17) is 4.74 Å². The average molecular weight is 320 g/mol. The number of amides is 2. The molecule has 1 aromatic rings. The first-order valence-electron chi connectivity index (χ1n) is 8.28. The van der Waals surface area contributed by atoms with Gasteiger partial charge in [0.05, 0.1) is 31.4 Å². The van der Waals surface area contributed by atoms with Crippen molar-refractivity contribution in [3.05, 3.63) is 34.9 Å². The number of carbonyl (C=O) groups excluding carboxylic acids is 1. The summed E-state index contributed by atoms with van der Waals surface area (Å²) in [6, 6.07) is 6.05. The van der Waals surface area contributed by atoms with Crippen LogP contribution in [0.15, 0.2) is 18.2 Å². The predicted octanol–water partition coefficient (Wildman–Crippen LogP) is 2.55. The Balaban J connectivity index is 2.05. The predicted molar refractivity (Wildman–Crippen MR) is 90.5 cm³/mol. The summed E-state index contributed by atoms with van der Waals surface area (Å²) in [7, 11) is 0. The van der Waals surface area contributed by atoms with Gasteiger partial charge in [-0.1, -0.05) is 23.8 Å². The van der Waals surface area contributed by atoms with Crippen LogP contribution in [0.2, 0.25) is 0 Å². The van der Waals surface area contributed by atoms with Crippen molar-refractivity contribution in [1.29, 1.82) is 0 Å². The zero-order valence-corrected chi connectivity index (χ0v) is 14.5. The monoisotopic (exact) mass is 320 g/mol. The Morgan fingerprint density at radius 2 is 2.17 bits per heavy atom. The van der Waals surface area contributed by atoms with E-state index >= 15 is 0 Å². The van der Waals surface area contributed by atoms with E-state index in [2.05, 4.69) is 37.4 Å². The quantitative estimate of drug-likeness (QED) is 0.896. The third-order valence-electron chi connectivity index (χ3n) is 4.34. The van der Waals surface area contributed by atoms with Gasteiger partial charge in [0.1, 0.15) is 0 Å². The topological polar surface area (TPSA) is 61.8 Å². The van der Waals surface area contributed by atoms with Gasteiger partial charge in [0.15, 0.2) is 0 Å². The maximum Gasteiger partial charge on any atom is 0.318 e. The number of aliphatic hydroxyl groups excluding tert-OH is 1. The maximum atomic E-state index is 12.6. The van der Waals surface area contributed by atoms with Crippen LogP contribution in [0.5, 0.6) is 0 Å². The highest BCUT2D eigenvalue weighted by atomic mass is 16.5. The highest BCUT2D eigenvalue weighted by Crippen LogP contribution is 2.20. The standard InChI is InChI=1S/C18H28N2O3/c1-12-5-6-13(2)17(9-12)15(4)19-18(22)20-7-8-23-11-16(20)10-14(3)21/h5-6,9,14-16,21H,7-8,10-11H2,1-4H3,(H,19,22)/t14-,15-,16+/m0/s1. The number of rotatable bonds is 4. The molecule has 0 aromatic heterocycles. The highest BCUT2D eigenvalue weighted by Gasteiger charge is 2.29. The van der Waals surface area contributed by atoms with Gasteiger partial charge < -0.3 is 20.1 Å². The summed E-state index contributed by atoms with van der Waals surface area (Å²) in [5.41, 5.74) is 3.50. The summed E-state index contributed by atoms with van der Waals surface area (Å²) in [6.07, 6.45) is 0.0825. The molecule has 3 atom stereocenters. The third-order valence-corrected chi connectivity index (χ3v) is 4.34. The van der Waals surface area contributed by atoms with E-state index in [9.17, 15) is 9.90 Å². The lowest BCUT2D eigenvalue weighted by molar-refractivity contribution is -0.00474. The van der Waals surface area contributed by atoms with Gasteiger partial charge in [-0.15, -0.1) is 0 Å². The van der Waals surface area contributed by atoms with Crippen molar-refractivity contribution >= 4 is 6.03 Å². The molecule has 0 bridgehead atoms. The SMILES string of the molecule is Cc1ccc(C)c([C@H](C)NC(=O)N2CCOC[C@H]2C[C@H](C)O)c1. The van der Waals surface area contributed by atoms with Crippen molar-refractivity contribution in [2.45, 2.75) is 52.3 Å². The lowest BCUT2D eigenvalue weighted by Gasteiger charge is -2.37. The van der Waals surface area contributed by atoms with Crippen molar-refractivity contribution in [3.8, 4) is 0 Å². The number of nitrogens with zero attached hydrogens (tertiary/aromatic N) is 1. The number of aliphatic hydroxyl groups is 1. The second kappa shape index (κ2) is 7.79. The average Bonchev–Trinajstić information content (AvgIpc) is 2.49. The molecule has 5 nitrogen and oxygen atoms in total. The van der Waals surface area contributed by atoms with Gasteiger partial charge in [-0.25, -0.2) is 4.79 Å². The molecule has 1 saturated heterocycles. The highest BCUT2D eigenvalue weighted by molar-refractivity contribution is 5.75. The molecule has 1 aromatic carbocycles. The summed E-state index contributed by atoms with van der Waals surface area (Å²) < 4.78 is 5.46. The molecule has 0 unspecified atom stereocenters. The zero-order chi connectivity index (χ0) is 17.0. The normalized spacial score (nSPS) is 20.9. The van der Waals surface area contributed by atoms with E-state index in [-0.39, 0.29) is 18.1 Å². The Morgan fingerprint density at radius 1 is 1.43 bits per heavy atom. The Kier molecular flexibility index (Phi) is 6.02. The Hall–Kier alpha value is -1.59. The van der Waals surface area contributed by atoms with Gasteiger partial charge >= 0.3 is 6.03 Å². The van der Waals surface area contributed by atoms with Crippen LogP contribution in [0.1, 0.15) is 43.0 Å². The number of aryl methyl sites for hydroxylation is 2. The van der Waals surface area contributed by atoms with Crippen molar-refractivity contribution < 1.29 is 14.6 Å². The smallest absolute Gasteiger partial charge is 0.318 e. The summed E-state index contributed by atoms with van der Waals surface area (Å²) >= 11 is 0. The van der Waals surface area contributed by atoms with Gasteiger partial charge in [0.2, 0.25) is 0 Å². The van der Waals surface area contributed by atoms with Crippen LogP contribution < -0.4 is 5.32 Å². The lowest BCUT2D eigenvalue weighted by Crippen LogP contribution is -2.53. The van der Waals surface area contributed by atoms with Crippen LogP contribution in [0, 0.1) is 13.8 Å². The van der Waals surface area contributed by atoms with Gasteiger partial charge in [0, 0.05) is 6.54 Å². The third kappa shape index (κ3) is 4.69. The molecular formula is C18H28N2O3. The molecular weight excluding hydrogens is 292 g/mol. The summed E-state index contributed by atoms with van der Waals surface area (Å²) in [6.45, 7) is 9.44. The fourth-order valence-electron chi connectivity index (χ4n) is 3.08. The first-order chi connectivity index (χ1) is 10.9. The minimum absolute atomic E-state index is 0.0579. The van der Waals surface area contributed by atoms with Crippen LogP contribution in [0.4, 0.5) is 4.79 Å². The van der Waals surface area contributed by atoms with Crippen LogP contribution in [-0.2, 0) is 4.74 Å². The number of nitrogens with one attached hydrogen (secondary N) is 1. The zero-order valence-electron chi connectivity index (χ0n) is 14.5. The molecule has 1 aliphatic heterocycles. The van der Waals surface area contributed by atoms with Crippen LogP contribution in [0.3, 0.4) is 0 Å². The number of urea groups is 1. The maximum absolute atomic E-state index is 12.6. The second-order valence-corrected chi connectivity index (χ2v) is 6.54. The molecule has 0 aliphatic carbocycles. The van der Waals surface area contributed by atoms with Crippen molar-refractivity contribution in [1.82, 2.24) is 10.2 Å². The molecule has 1 fully saturated rings. The van der Waals surface area contributed by atoms with Crippen molar-refractivity contribution in [2.24, 2.45) is 0 Å². The van der Waals surface area contributed by atoms with E-state index in [0.29, 0.717) is 26.2 Å². The van der Waals surface area contributed by atoms with E-state index in [0.717, 1.165) is 5.56 Å². The summed E-state index contributed by atoms with van der Waals surface area (Å²) in [4.78, 5) is 14.4. The summed E-state index contributed by atoms with van der Waals surface area (Å²) in [5, 5.41) is 12.7. The molecule has 2 N–H and O–H groups in total. The molecule has 0 radical (unpaired) electrons. The van der Waals surface area contributed by atoms with E-state index < -0.39 is 6.10 Å². The Labute approximate surface area is 138 Å². The van der Waals surface area contributed by atoms with Crippen LogP contribution in [0.25, 0.3) is 0 Å². The number of hydrogen-bond donors (Lipinski definition) is 2. The summed E-state index contributed by atoms with van der Waals surface area (Å²) in [5.74, 6) is 0. The molecule has 128 valence electrons. The lowest BCUT2D eigenvalue weighted by atomic mass is 10.00. The fraction of sp³-hybridized carbons (Fsp3) is 0.611. The first kappa shape index (κ1) is 17.8. The first-order valence-corrected chi connectivity index (χ1v) is 8.28. The van der Waals surface area contributed by atoms with Gasteiger partial charge in [-0.3, -0.25) is 0 Å². The van der Waals surface area contributed by atoms with E-state index in [1.165, 1.54) is 11.1 Å². The Bertz CT molecular complexity index is 545. The molecule has 5 heteroatoms. The van der Waals surface area contributed by atoms with Crippen LogP contribution in [-0.4, -0.2) is 47.9 Å². The van der Waals surface area contributed by atoms with Crippen LogP contribution >= 0.6 is 0 Å². The molecule has 1 aliphatic rings. The molecule has 23 heavy (non-hydrogen) atoms. The number of benzene rings is 1. The largest absolute Gasteiger partial charge is 0.393 e. The van der Waals surface area contributed by atoms with Gasteiger partial charge in [-0.2, -0.15) is 0 Å². The molecule has 0 spiro atoms. The number of hydrogen-bond acceptors (Lipinski definition) is 3. The minimum atomic E-state index is -0.451.